The number of likely N-dealkylation sites (tertiary alicyclic amines) is 1. The van der Waals surface area contributed by atoms with Crippen molar-refractivity contribution < 1.29 is 52.3 Å². The van der Waals surface area contributed by atoms with Crippen molar-refractivity contribution in [3.63, 3.8) is 0 Å². The van der Waals surface area contributed by atoms with Crippen LogP contribution in [0.5, 0.6) is 11.5 Å². The van der Waals surface area contributed by atoms with Gasteiger partial charge in [-0.2, -0.15) is 5.26 Å². The Morgan fingerprint density at radius 2 is 1.58 bits per heavy atom. The Hall–Kier alpha value is -5.77. The third-order valence-corrected chi connectivity index (χ3v) is 15.3. The fourth-order valence-corrected chi connectivity index (χ4v) is 11.6. The van der Waals surface area contributed by atoms with Crippen LogP contribution >= 0.6 is 7.82 Å². The Balaban J connectivity index is 0.797. The number of hydrogen-bond donors (Lipinski definition) is 3. The number of imide groups is 2. The van der Waals surface area contributed by atoms with Crippen molar-refractivity contribution in [2.45, 2.75) is 130 Å². The number of rotatable bonds is 15. The zero-order chi connectivity index (χ0) is 49.9. The average molecular weight is 969 g/mol. The molecular formula is C49H61N8O11P. The van der Waals surface area contributed by atoms with Gasteiger partial charge < -0.3 is 29.5 Å². The molecule has 19 nitrogen and oxygen atoms in total. The number of amides is 5. The fourth-order valence-electron chi connectivity index (χ4n) is 11.4. The van der Waals surface area contributed by atoms with Gasteiger partial charge in [0.1, 0.15) is 48.0 Å². The normalized spacial score (nSPS) is 24.5. The van der Waals surface area contributed by atoms with Crippen LogP contribution in [-0.2, 0) is 18.7 Å². The lowest BCUT2D eigenvalue weighted by molar-refractivity contribution is -0.164. The van der Waals surface area contributed by atoms with Gasteiger partial charge in [-0.05, 0) is 94.3 Å². The smallest absolute Gasteiger partial charge is 0.471 e. The van der Waals surface area contributed by atoms with Crippen LogP contribution in [0.1, 0.15) is 128 Å². The molecule has 5 amide bonds. The van der Waals surface area contributed by atoms with E-state index in [4.69, 9.17) is 19.3 Å². The van der Waals surface area contributed by atoms with E-state index in [1.165, 1.54) is 12.1 Å². The molecule has 2 saturated heterocycles. The van der Waals surface area contributed by atoms with E-state index < -0.39 is 44.2 Å². The molecule has 1 atom stereocenters. The van der Waals surface area contributed by atoms with Crippen molar-refractivity contribution in [1.82, 2.24) is 30.0 Å². The minimum Gasteiger partial charge on any atom is -0.490 e. The summed E-state index contributed by atoms with van der Waals surface area (Å²) in [7, 11) is -5.00. The number of nitrogens with one attached hydrogen (secondary N) is 1. The number of nitrogens with zero attached hydrogens (tertiary/aromatic N) is 7. The number of phosphoric acid groups is 1. The van der Waals surface area contributed by atoms with Gasteiger partial charge in [0.2, 0.25) is 5.91 Å². The molecule has 0 radical (unpaired) electrons. The van der Waals surface area contributed by atoms with Crippen LogP contribution in [-0.4, -0.2) is 127 Å². The molecular weight excluding hydrogens is 908 g/mol. The minimum atomic E-state index is -5.00. The SMILES string of the molecule is Cc1cc(O[C@H]2C(C)(C)[C@H](NC(=O)c3cnc(N4CCC(CN(C(C)C)[C@H]5C[C@H](Oc6ccc7c(c6)C(=O)N(C6CCC(=O)N(COP(=O)(O)O)C6=O)C7=O)C5)CC4)cn3)C2(C)C)cc(C)c1C#N. The lowest BCUT2D eigenvalue weighted by Crippen LogP contribution is -2.74. The highest BCUT2D eigenvalue weighted by Gasteiger charge is 2.64. The van der Waals surface area contributed by atoms with Crippen molar-refractivity contribution >= 4 is 43.2 Å². The number of carbonyl (C=O) groups excluding carboxylic acids is 5. The first-order valence-corrected chi connectivity index (χ1v) is 25.1. The van der Waals surface area contributed by atoms with Crippen LogP contribution in [0.2, 0.25) is 0 Å². The first kappa shape index (κ1) is 49.6. The van der Waals surface area contributed by atoms with Gasteiger partial charge in [-0.15, -0.1) is 0 Å². The van der Waals surface area contributed by atoms with E-state index in [-0.39, 0.29) is 64.6 Å². The van der Waals surface area contributed by atoms with Crippen molar-refractivity contribution in [1.29, 1.82) is 5.26 Å². The summed E-state index contributed by atoms with van der Waals surface area (Å²) in [4.78, 5) is 99.5. The summed E-state index contributed by atoms with van der Waals surface area (Å²) < 4.78 is 28.4. The number of benzene rings is 2. The molecule has 1 aromatic heterocycles. The number of ether oxygens (including phenoxy) is 2. The molecule has 5 aliphatic rings. The van der Waals surface area contributed by atoms with Gasteiger partial charge in [-0.3, -0.25) is 43.2 Å². The summed E-state index contributed by atoms with van der Waals surface area (Å²) in [6, 6.07) is 9.74. The molecule has 1 unspecified atom stereocenters. The molecule has 0 bridgehead atoms. The summed E-state index contributed by atoms with van der Waals surface area (Å²) in [6.07, 6.45) is 6.08. The van der Waals surface area contributed by atoms with Gasteiger partial charge in [-0.25, -0.2) is 14.5 Å². The Morgan fingerprint density at radius 3 is 2.17 bits per heavy atom. The number of aromatic nitrogens is 2. The monoisotopic (exact) mass is 968 g/mol. The minimum absolute atomic E-state index is 0.0728. The molecule has 8 rings (SSSR count). The predicted molar refractivity (Wildman–Crippen MR) is 250 cm³/mol. The number of carbonyl (C=O) groups is 5. The van der Waals surface area contributed by atoms with E-state index in [0.29, 0.717) is 40.0 Å². The molecule has 2 saturated carbocycles. The van der Waals surface area contributed by atoms with Gasteiger partial charge in [0.05, 0.1) is 35.2 Å². The lowest BCUT2D eigenvalue weighted by Gasteiger charge is -2.63. The maximum atomic E-state index is 13.6. The van der Waals surface area contributed by atoms with Gasteiger partial charge in [0, 0.05) is 67.9 Å². The van der Waals surface area contributed by atoms with Crippen LogP contribution in [0, 0.1) is 41.9 Å². The van der Waals surface area contributed by atoms with Gasteiger partial charge in [-0.1, -0.05) is 27.7 Å². The second kappa shape index (κ2) is 18.9. The molecule has 4 fully saturated rings. The first-order chi connectivity index (χ1) is 32.5. The standard InChI is InChI=1S/C49H61N8O11P/c1-27(2)55(31-19-34(20-31)67-32-9-10-35-36(21-32)44(61)57(43(35)60)39-11-12-41(58)56(45(39)62)26-66-69(63,64)65)25-30-13-15-54(16-14-30)40-24-51-38(23-52-40)42(59)53-46-48(5,6)47(49(46,7)8)68-33-17-28(3)37(22-50)29(4)18-33/h9-10,17-18,21,23-24,27,30-31,34,39,46-47H,11-16,19-20,25-26H2,1-8H3,(H,53,59)(H2,63,64,65)/t31-,34-,39?,46-,47-. The Labute approximate surface area is 401 Å². The molecule has 4 heterocycles. The fraction of sp³-hybridized carbons (Fsp3) is 0.551. The molecule has 2 aliphatic carbocycles. The number of piperidine rings is 2. The van der Waals surface area contributed by atoms with Crippen molar-refractivity contribution in [3.05, 3.63) is 76.2 Å². The Kier molecular flexibility index (Phi) is 13.6. The highest BCUT2D eigenvalue weighted by atomic mass is 31.2. The quantitative estimate of drug-likeness (QED) is 0.129. The summed E-state index contributed by atoms with van der Waals surface area (Å²) in [5.74, 6) is -1.07. The molecule has 3 aliphatic heterocycles. The summed E-state index contributed by atoms with van der Waals surface area (Å²) >= 11 is 0. The third kappa shape index (κ3) is 9.74. The maximum Gasteiger partial charge on any atom is 0.471 e. The Bertz CT molecular complexity index is 2590. The first-order valence-electron chi connectivity index (χ1n) is 23.5. The van der Waals surface area contributed by atoms with E-state index in [9.17, 15) is 33.8 Å². The molecule has 20 heteroatoms. The van der Waals surface area contributed by atoms with Crippen LogP contribution in [0.3, 0.4) is 0 Å². The van der Waals surface area contributed by atoms with Crippen LogP contribution < -0.4 is 19.7 Å². The summed E-state index contributed by atoms with van der Waals surface area (Å²) in [6.45, 7) is 18.1. The number of phosphoric ester groups is 1. The van der Waals surface area contributed by atoms with Crippen molar-refractivity contribution in [2.24, 2.45) is 16.7 Å². The third-order valence-electron chi connectivity index (χ3n) is 14.8. The van der Waals surface area contributed by atoms with Crippen molar-refractivity contribution in [2.75, 3.05) is 31.3 Å². The van der Waals surface area contributed by atoms with E-state index in [2.05, 4.69) is 77.2 Å². The highest BCUT2D eigenvalue weighted by molar-refractivity contribution is 7.46. The molecule has 368 valence electrons. The number of aryl methyl sites for hydroxylation is 2. The molecule has 69 heavy (non-hydrogen) atoms. The number of fused-ring (bicyclic) bond motifs is 1. The largest absolute Gasteiger partial charge is 0.490 e. The zero-order valence-electron chi connectivity index (χ0n) is 40.3. The number of anilines is 1. The molecule has 3 N–H and O–H groups in total. The number of nitriles is 1. The van der Waals surface area contributed by atoms with Gasteiger partial charge in [0.15, 0.2) is 0 Å². The van der Waals surface area contributed by atoms with Gasteiger partial charge in [0.25, 0.3) is 23.6 Å². The Morgan fingerprint density at radius 1 is 0.928 bits per heavy atom. The average Bonchev–Trinajstić information content (AvgIpc) is 3.52. The summed E-state index contributed by atoms with van der Waals surface area (Å²) in [5, 5.41) is 12.7. The maximum absolute atomic E-state index is 13.6. The number of hydrogen-bond acceptors (Lipinski definition) is 14. The lowest BCUT2D eigenvalue weighted by atomic mass is 9.49. The van der Waals surface area contributed by atoms with E-state index in [1.807, 2.05) is 26.0 Å². The molecule has 0 spiro atoms. The molecule has 2 aromatic carbocycles. The van der Waals surface area contributed by atoms with Crippen LogP contribution in [0.4, 0.5) is 5.82 Å². The summed E-state index contributed by atoms with van der Waals surface area (Å²) in [5.41, 5.74) is 2.03. The predicted octanol–water partition coefficient (Wildman–Crippen LogP) is 5.29. The second-order valence-electron chi connectivity index (χ2n) is 20.6. The van der Waals surface area contributed by atoms with Crippen LogP contribution in [0.15, 0.2) is 42.7 Å². The van der Waals surface area contributed by atoms with Crippen molar-refractivity contribution in [3.8, 4) is 17.6 Å². The van der Waals surface area contributed by atoms with Gasteiger partial charge >= 0.3 is 7.82 Å². The molecule has 3 aromatic rings. The van der Waals surface area contributed by atoms with E-state index in [0.717, 1.165) is 67.2 Å². The van der Waals surface area contributed by atoms with E-state index >= 15 is 0 Å². The van der Waals surface area contributed by atoms with E-state index in [1.54, 1.807) is 18.5 Å². The van der Waals surface area contributed by atoms with Crippen LogP contribution in [0.25, 0.3) is 0 Å². The topological polar surface area (TPSA) is 245 Å². The highest BCUT2D eigenvalue weighted by Crippen LogP contribution is 2.55. The zero-order valence-corrected chi connectivity index (χ0v) is 41.2. The second-order valence-corrected chi connectivity index (χ2v) is 21.8.